The van der Waals surface area contributed by atoms with Crippen LogP contribution in [0.15, 0.2) is 53.7 Å². The third-order valence-corrected chi connectivity index (χ3v) is 6.52. The molecule has 1 N–H and O–H groups in total. The molecule has 0 amide bonds. The summed E-state index contributed by atoms with van der Waals surface area (Å²) in [7, 11) is 3.24. The van der Waals surface area contributed by atoms with Gasteiger partial charge in [-0.3, -0.25) is 4.57 Å². The van der Waals surface area contributed by atoms with Gasteiger partial charge in [0.15, 0.2) is 0 Å². The Labute approximate surface area is 207 Å². The molecule has 0 spiro atoms. The van der Waals surface area contributed by atoms with Crippen LogP contribution >= 0.6 is 0 Å². The number of benzene rings is 2. The lowest BCUT2D eigenvalue weighted by Crippen LogP contribution is -2.29. The summed E-state index contributed by atoms with van der Waals surface area (Å²) in [5.41, 5.74) is 3.89. The summed E-state index contributed by atoms with van der Waals surface area (Å²) in [5.74, 6) is 1.67. The van der Waals surface area contributed by atoms with Crippen molar-refractivity contribution in [3.8, 4) is 11.5 Å². The number of ether oxygens (including phenoxy) is 3. The van der Waals surface area contributed by atoms with Crippen molar-refractivity contribution in [3.05, 3.63) is 59.3 Å². The molecule has 0 saturated carbocycles. The zero-order chi connectivity index (χ0) is 24.8. The van der Waals surface area contributed by atoms with E-state index in [2.05, 4.69) is 12.2 Å². The van der Waals surface area contributed by atoms with Crippen molar-refractivity contribution in [1.82, 2.24) is 9.55 Å². The summed E-state index contributed by atoms with van der Waals surface area (Å²) in [6.07, 6.45) is 6.81. The molecule has 1 aliphatic heterocycles. The summed E-state index contributed by atoms with van der Waals surface area (Å²) in [6.45, 7) is 4.51. The van der Waals surface area contributed by atoms with Crippen molar-refractivity contribution < 1.29 is 19.0 Å². The zero-order valence-corrected chi connectivity index (χ0v) is 21.1. The first-order valence-electron chi connectivity index (χ1n) is 12.4. The average molecular weight is 478 g/mol. The standard InChI is InChI=1S/C28H35N3O4/c1-5-6-7-8-9-12-17-35-27(32)25-19(2)29-28-30-22-13-10-11-14-23(22)31(28)26(25)21-16-15-20(33-3)18-24(21)34-4/h10-11,13-16,18,26H,5-9,12,17H2,1-4H3,(H,29,30)/t26-/m1/s1. The van der Waals surface area contributed by atoms with Crippen molar-refractivity contribution >= 4 is 23.0 Å². The van der Waals surface area contributed by atoms with Crippen LogP contribution in [-0.2, 0) is 9.53 Å². The number of nitrogens with one attached hydrogen (secondary N) is 1. The van der Waals surface area contributed by atoms with Crippen LogP contribution in [0.2, 0.25) is 0 Å². The smallest absolute Gasteiger partial charge is 0.338 e. The minimum absolute atomic E-state index is 0.324. The molecule has 4 rings (SSSR count). The quantitative estimate of drug-likeness (QED) is 0.260. The van der Waals surface area contributed by atoms with Crippen LogP contribution in [-0.4, -0.2) is 36.3 Å². The van der Waals surface area contributed by atoms with Crippen LogP contribution in [0.3, 0.4) is 0 Å². The molecule has 3 aromatic rings. The van der Waals surface area contributed by atoms with Gasteiger partial charge in [-0.25, -0.2) is 9.78 Å². The van der Waals surface area contributed by atoms with E-state index >= 15 is 0 Å². The Kier molecular flexibility index (Phi) is 7.95. The zero-order valence-electron chi connectivity index (χ0n) is 21.1. The minimum Gasteiger partial charge on any atom is -0.497 e. The normalized spacial score (nSPS) is 15.0. The molecule has 0 radical (unpaired) electrons. The second-order valence-electron chi connectivity index (χ2n) is 8.87. The molecule has 2 aromatic carbocycles. The Balaban J connectivity index is 1.69. The fourth-order valence-electron chi connectivity index (χ4n) is 4.69. The van der Waals surface area contributed by atoms with Gasteiger partial charge in [0.2, 0.25) is 5.95 Å². The van der Waals surface area contributed by atoms with Gasteiger partial charge in [0.05, 0.1) is 43.5 Å². The average Bonchev–Trinajstić information content (AvgIpc) is 3.24. The first-order valence-corrected chi connectivity index (χ1v) is 12.4. The van der Waals surface area contributed by atoms with Gasteiger partial charge < -0.3 is 19.5 Å². The van der Waals surface area contributed by atoms with Gasteiger partial charge in [-0.05, 0) is 37.6 Å². The number of para-hydroxylation sites is 2. The van der Waals surface area contributed by atoms with Crippen LogP contribution in [0.25, 0.3) is 11.0 Å². The van der Waals surface area contributed by atoms with Crippen LogP contribution in [0.1, 0.15) is 64.0 Å². The third kappa shape index (κ3) is 5.14. The molecule has 0 unspecified atom stereocenters. The van der Waals surface area contributed by atoms with Crippen molar-refractivity contribution in [2.45, 2.75) is 58.4 Å². The van der Waals surface area contributed by atoms with Gasteiger partial charge in [0, 0.05) is 17.3 Å². The summed E-state index contributed by atoms with van der Waals surface area (Å²) in [5, 5.41) is 3.33. The van der Waals surface area contributed by atoms with Gasteiger partial charge in [-0.15, -0.1) is 0 Å². The highest BCUT2D eigenvalue weighted by molar-refractivity contribution is 5.94. The third-order valence-electron chi connectivity index (χ3n) is 6.52. The maximum atomic E-state index is 13.5. The topological polar surface area (TPSA) is 74.6 Å². The van der Waals surface area contributed by atoms with Crippen molar-refractivity contribution in [2.24, 2.45) is 0 Å². The maximum absolute atomic E-state index is 13.5. The number of allylic oxidation sites excluding steroid dienone is 1. The highest BCUT2D eigenvalue weighted by Gasteiger charge is 2.36. The lowest BCUT2D eigenvalue weighted by atomic mass is 9.94. The highest BCUT2D eigenvalue weighted by Crippen LogP contribution is 2.43. The number of anilines is 1. The molecule has 1 aromatic heterocycles. The fraction of sp³-hybridized carbons (Fsp3) is 0.429. The molecular weight excluding hydrogens is 442 g/mol. The highest BCUT2D eigenvalue weighted by atomic mass is 16.5. The Bertz CT molecular complexity index is 1210. The maximum Gasteiger partial charge on any atom is 0.338 e. The van der Waals surface area contributed by atoms with E-state index in [9.17, 15) is 4.79 Å². The second kappa shape index (κ2) is 11.3. The molecule has 186 valence electrons. The first kappa shape index (κ1) is 24.6. The Morgan fingerprint density at radius 2 is 1.80 bits per heavy atom. The van der Waals surface area contributed by atoms with Crippen LogP contribution in [0.4, 0.5) is 5.95 Å². The lowest BCUT2D eigenvalue weighted by Gasteiger charge is -2.31. The van der Waals surface area contributed by atoms with Crippen molar-refractivity contribution in [2.75, 3.05) is 26.1 Å². The summed E-state index contributed by atoms with van der Waals surface area (Å²) in [6, 6.07) is 13.1. The lowest BCUT2D eigenvalue weighted by molar-refractivity contribution is -0.139. The molecule has 0 aliphatic carbocycles. The largest absolute Gasteiger partial charge is 0.497 e. The fourth-order valence-corrected chi connectivity index (χ4v) is 4.69. The van der Waals surface area contributed by atoms with E-state index in [1.165, 1.54) is 25.7 Å². The summed E-state index contributed by atoms with van der Waals surface area (Å²) in [4.78, 5) is 18.3. The Morgan fingerprint density at radius 1 is 1.03 bits per heavy atom. The van der Waals surface area contributed by atoms with Gasteiger partial charge in [0.1, 0.15) is 11.5 Å². The predicted molar refractivity (Wildman–Crippen MR) is 138 cm³/mol. The number of aromatic nitrogens is 2. The number of unbranched alkanes of at least 4 members (excludes halogenated alkanes) is 5. The van der Waals surface area contributed by atoms with Crippen LogP contribution in [0.5, 0.6) is 11.5 Å². The molecule has 0 fully saturated rings. The number of carbonyl (C=O) groups excluding carboxylic acids is 1. The minimum atomic E-state index is -0.462. The van der Waals surface area contributed by atoms with E-state index in [1.54, 1.807) is 14.2 Å². The predicted octanol–water partition coefficient (Wildman–Crippen LogP) is 6.25. The van der Waals surface area contributed by atoms with Gasteiger partial charge in [-0.1, -0.05) is 51.2 Å². The molecule has 7 nitrogen and oxygen atoms in total. The SMILES string of the molecule is CCCCCCCCOC(=O)C1=C(C)Nc2nc3ccccc3n2[C@@H]1c1ccc(OC)cc1OC. The first-order chi connectivity index (χ1) is 17.1. The number of nitrogens with zero attached hydrogens (tertiary/aromatic N) is 2. The van der Waals surface area contributed by atoms with E-state index in [0.717, 1.165) is 35.1 Å². The molecule has 7 heteroatoms. The van der Waals surface area contributed by atoms with Crippen LogP contribution in [0, 0.1) is 0 Å². The van der Waals surface area contributed by atoms with Gasteiger partial charge in [0.25, 0.3) is 0 Å². The van der Waals surface area contributed by atoms with Gasteiger partial charge >= 0.3 is 5.97 Å². The second-order valence-corrected chi connectivity index (χ2v) is 8.87. The molecule has 1 atom stereocenters. The summed E-state index contributed by atoms with van der Waals surface area (Å²) >= 11 is 0. The monoisotopic (exact) mass is 477 g/mol. The summed E-state index contributed by atoms with van der Waals surface area (Å²) < 4.78 is 19.0. The van der Waals surface area contributed by atoms with E-state index in [0.29, 0.717) is 29.6 Å². The van der Waals surface area contributed by atoms with Crippen LogP contribution < -0.4 is 14.8 Å². The number of methoxy groups -OCH3 is 2. The molecular formula is C28H35N3O4. The Morgan fingerprint density at radius 3 is 2.57 bits per heavy atom. The number of imidazole rings is 1. The van der Waals surface area contributed by atoms with Crippen molar-refractivity contribution in [3.63, 3.8) is 0 Å². The number of fused-ring (bicyclic) bond motifs is 3. The van der Waals surface area contributed by atoms with E-state index in [-0.39, 0.29) is 5.97 Å². The Hall–Kier alpha value is -3.48. The molecule has 1 aliphatic rings. The van der Waals surface area contributed by atoms with E-state index < -0.39 is 6.04 Å². The van der Waals surface area contributed by atoms with Gasteiger partial charge in [-0.2, -0.15) is 0 Å². The molecule has 0 bridgehead atoms. The van der Waals surface area contributed by atoms with E-state index in [1.807, 2.05) is 54.0 Å². The van der Waals surface area contributed by atoms with E-state index in [4.69, 9.17) is 19.2 Å². The molecule has 0 saturated heterocycles. The number of hydrogen-bond donors (Lipinski definition) is 1. The van der Waals surface area contributed by atoms with Crippen molar-refractivity contribution in [1.29, 1.82) is 0 Å². The number of hydrogen-bond acceptors (Lipinski definition) is 6. The number of esters is 1. The number of carbonyl (C=O) groups is 1. The molecule has 35 heavy (non-hydrogen) atoms. The number of rotatable bonds is 11. The molecule has 2 heterocycles.